The van der Waals surface area contributed by atoms with Crippen molar-refractivity contribution >= 4 is 39.5 Å². The standard InChI is InChI=1S/C74H144O17P2/c1-8-10-11-12-13-14-15-18-22-25-34-41-48-55-71(76)84-61-69(90-73(78)57-50-43-36-26-23-20-17-16-19-21-24-31-38-45-52-65(3)4)63-88-92(80,81)86-59-68(75)60-87-93(82,83)89-64-70(62-85-72(77)56-49-42-35-29-27-32-39-46-53-66(5)6)91-74(79)58-51-44-37-30-28-33-40-47-54-67(7)9-2/h65-70,75H,8-64H2,1-7H3,(H,80,81)(H,82,83)/t67?,68-,69-,70-/m1/s1. The monoisotopic (exact) mass is 1370 g/mol. The molecule has 0 aliphatic carbocycles. The van der Waals surface area contributed by atoms with Crippen molar-refractivity contribution in [3.63, 3.8) is 0 Å². The van der Waals surface area contributed by atoms with Gasteiger partial charge in [-0.3, -0.25) is 37.3 Å². The van der Waals surface area contributed by atoms with Gasteiger partial charge >= 0.3 is 39.5 Å². The van der Waals surface area contributed by atoms with Crippen LogP contribution in [0.4, 0.5) is 0 Å². The van der Waals surface area contributed by atoms with Crippen molar-refractivity contribution < 1.29 is 80.2 Å². The van der Waals surface area contributed by atoms with E-state index in [0.29, 0.717) is 25.7 Å². The molecule has 0 aliphatic heterocycles. The van der Waals surface area contributed by atoms with Gasteiger partial charge < -0.3 is 33.8 Å². The molecule has 0 saturated heterocycles. The lowest BCUT2D eigenvalue weighted by molar-refractivity contribution is -0.161. The number of rotatable bonds is 72. The lowest BCUT2D eigenvalue weighted by Gasteiger charge is -2.21. The first-order valence-corrected chi connectivity index (χ1v) is 41.4. The van der Waals surface area contributed by atoms with Crippen molar-refractivity contribution in [3.05, 3.63) is 0 Å². The molecule has 0 saturated carbocycles. The van der Waals surface area contributed by atoms with Crippen LogP contribution < -0.4 is 0 Å². The molecule has 0 aromatic heterocycles. The lowest BCUT2D eigenvalue weighted by Crippen LogP contribution is -2.30. The molecule has 552 valence electrons. The Kier molecular flexibility index (Phi) is 63.4. The van der Waals surface area contributed by atoms with Gasteiger partial charge in [-0.2, -0.15) is 0 Å². The fraction of sp³-hybridized carbons (Fsp3) is 0.946. The fourth-order valence-corrected chi connectivity index (χ4v) is 12.8. The maximum Gasteiger partial charge on any atom is 0.472 e. The van der Waals surface area contributed by atoms with E-state index in [1.165, 1.54) is 186 Å². The third kappa shape index (κ3) is 67.0. The highest BCUT2D eigenvalue weighted by atomic mass is 31.2. The predicted molar refractivity (Wildman–Crippen MR) is 377 cm³/mol. The molecular formula is C74H144O17P2. The Balaban J connectivity index is 5.26. The van der Waals surface area contributed by atoms with Gasteiger partial charge in [-0.15, -0.1) is 0 Å². The number of hydrogen-bond donors (Lipinski definition) is 3. The Morgan fingerprint density at radius 2 is 0.548 bits per heavy atom. The van der Waals surface area contributed by atoms with Crippen LogP contribution in [0.2, 0.25) is 0 Å². The smallest absolute Gasteiger partial charge is 0.462 e. The molecule has 3 N–H and O–H groups in total. The van der Waals surface area contributed by atoms with Gasteiger partial charge in [-0.25, -0.2) is 9.13 Å². The van der Waals surface area contributed by atoms with Crippen molar-refractivity contribution in [2.24, 2.45) is 17.8 Å². The summed E-state index contributed by atoms with van der Waals surface area (Å²) in [5.74, 6) is 0.170. The van der Waals surface area contributed by atoms with E-state index in [2.05, 4.69) is 48.5 Å². The van der Waals surface area contributed by atoms with Gasteiger partial charge in [0.25, 0.3) is 0 Å². The molecular weight excluding hydrogens is 1220 g/mol. The second-order valence-electron chi connectivity index (χ2n) is 27.9. The average molecular weight is 1370 g/mol. The second-order valence-corrected chi connectivity index (χ2v) is 30.8. The van der Waals surface area contributed by atoms with Crippen molar-refractivity contribution in [1.82, 2.24) is 0 Å². The van der Waals surface area contributed by atoms with E-state index >= 15 is 0 Å². The molecule has 0 amide bonds. The largest absolute Gasteiger partial charge is 0.472 e. The van der Waals surface area contributed by atoms with E-state index in [1.807, 2.05) is 0 Å². The Morgan fingerprint density at radius 1 is 0.312 bits per heavy atom. The highest BCUT2D eigenvalue weighted by molar-refractivity contribution is 7.47. The van der Waals surface area contributed by atoms with Gasteiger partial charge in [0.1, 0.15) is 19.3 Å². The highest BCUT2D eigenvalue weighted by Gasteiger charge is 2.30. The van der Waals surface area contributed by atoms with Crippen LogP contribution in [0.15, 0.2) is 0 Å². The summed E-state index contributed by atoms with van der Waals surface area (Å²) in [6.45, 7) is 11.9. The molecule has 93 heavy (non-hydrogen) atoms. The first-order chi connectivity index (χ1) is 44.8. The number of ether oxygens (including phenoxy) is 4. The molecule has 19 heteroatoms. The fourth-order valence-electron chi connectivity index (χ4n) is 11.2. The molecule has 6 atom stereocenters. The summed E-state index contributed by atoms with van der Waals surface area (Å²) in [4.78, 5) is 72.7. The zero-order valence-electron chi connectivity index (χ0n) is 60.7. The van der Waals surface area contributed by atoms with Crippen LogP contribution >= 0.6 is 15.6 Å². The third-order valence-corrected chi connectivity index (χ3v) is 19.4. The lowest BCUT2D eigenvalue weighted by atomic mass is 9.99. The molecule has 0 heterocycles. The van der Waals surface area contributed by atoms with Gasteiger partial charge in [-0.1, -0.05) is 325 Å². The SMILES string of the molecule is CCCCCCCCCCCCCCCC(=O)OC[C@H](COP(=O)(O)OC[C@@H](O)COP(=O)(O)OC[C@@H](COC(=O)CCCCCCCCCCC(C)C)OC(=O)CCCCCCCCCCC(C)CC)OC(=O)CCCCCCCCCCCCCCCCC(C)C. The number of carbonyl (C=O) groups excluding carboxylic acids is 4. The van der Waals surface area contributed by atoms with E-state index in [-0.39, 0.29) is 25.7 Å². The van der Waals surface area contributed by atoms with Crippen molar-refractivity contribution in [1.29, 1.82) is 0 Å². The minimum absolute atomic E-state index is 0.104. The Hall–Kier alpha value is -1.94. The van der Waals surface area contributed by atoms with Crippen LogP contribution in [-0.4, -0.2) is 96.7 Å². The van der Waals surface area contributed by atoms with Crippen molar-refractivity contribution in [2.45, 2.75) is 394 Å². The van der Waals surface area contributed by atoms with Gasteiger partial charge in [0.05, 0.1) is 26.4 Å². The molecule has 0 aliphatic rings. The molecule has 17 nitrogen and oxygen atoms in total. The van der Waals surface area contributed by atoms with Gasteiger partial charge in [0.15, 0.2) is 12.2 Å². The molecule has 0 bridgehead atoms. The van der Waals surface area contributed by atoms with Gasteiger partial charge in [0.2, 0.25) is 0 Å². The van der Waals surface area contributed by atoms with Gasteiger partial charge in [0, 0.05) is 25.7 Å². The van der Waals surface area contributed by atoms with Crippen LogP contribution in [0.5, 0.6) is 0 Å². The van der Waals surface area contributed by atoms with Crippen LogP contribution in [0.3, 0.4) is 0 Å². The number of phosphoric acid groups is 2. The minimum Gasteiger partial charge on any atom is -0.462 e. The Bertz CT molecular complexity index is 1820. The zero-order chi connectivity index (χ0) is 68.7. The van der Waals surface area contributed by atoms with E-state index < -0.39 is 97.5 Å². The highest BCUT2D eigenvalue weighted by Crippen LogP contribution is 2.45. The summed E-state index contributed by atoms with van der Waals surface area (Å²) in [6.07, 6.45) is 49.9. The Morgan fingerprint density at radius 3 is 0.817 bits per heavy atom. The summed E-state index contributed by atoms with van der Waals surface area (Å²) in [6, 6.07) is 0. The number of aliphatic hydroxyl groups excluding tert-OH is 1. The normalized spacial score (nSPS) is 14.4. The summed E-state index contributed by atoms with van der Waals surface area (Å²) in [7, 11) is -9.91. The number of hydrogen-bond acceptors (Lipinski definition) is 15. The number of esters is 4. The van der Waals surface area contributed by atoms with Crippen LogP contribution in [-0.2, 0) is 65.4 Å². The quantitative estimate of drug-likeness (QED) is 0.0222. The number of phosphoric ester groups is 2. The average Bonchev–Trinajstić information content (AvgIpc) is 3.10. The van der Waals surface area contributed by atoms with Crippen molar-refractivity contribution in [3.8, 4) is 0 Å². The third-order valence-electron chi connectivity index (χ3n) is 17.5. The predicted octanol–water partition coefficient (Wildman–Crippen LogP) is 21.4. The van der Waals surface area contributed by atoms with E-state index in [4.69, 9.17) is 37.0 Å². The molecule has 0 fully saturated rings. The van der Waals surface area contributed by atoms with Crippen LogP contribution in [0, 0.1) is 17.8 Å². The minimum atomic E-state index is -4.96. The maximum absolute atomic E-state index is 13.1. The topological polar surface area (TPSA) is 237 Å². The number of aliphatic hydroxyl groups is 1. The van der Waals surface area contributed by atoms with Crippen LogP contribution in [0.1, 0.15) is 376 Å². The van der Waals surface area contributed by atoms with Gasteiger partial charge in [-0.05, 0) is 43.4 Å². The summed E-state index contributed by atoms with van der Waals surface area (Å²) in [5.41, 5.74) is 0. The summed E-state index contributed by atoms with van der Waals surface area (Å²) >= 11 is 0. The number of carbonyl (C=O) groups is 4. The Labute approximate surface area is 568 Å². The molecule has 0 radical (unpaired) electrons. The van der Waals surface area contributed by atoms with Crippen LogP contribution in [0.25, 0.3) is 0 Å². The maximum atomic E-state index is 13.1. The first-order valence-electron chi connectivity index (χ1n) is 38.4. The molecule has 0 aromatic rings. The first kappa shape index (κ1) is 91.1. The second kappa shape index (κ2) is 64.7. The van der Waals surface area contributed by atoms with E-state index in [0.717, 1.165) is 108 Å². The van der Waals surface area contributed by atoms with E-state index in [9.17, 15) is 43.2 Å². The summed E-state index contributed by atoms with van der Waals surface area (Å²) in [5, 5.41) is 10.6. The molecule has 0 aromatic carbocycles. The number of unbranched alkanes of at least 4 members (excludes halogenated alkanes) is 39. The van der Waals surface area contributed by atoms with Crippen molar-refractivity contribution in [2.75, 3.05) is 39.6 Å². The zero-order valence-corrected chi connectivity index (χ0v) is 62.5. The van der Waals surface area contributed by atoms with E-state index in [1.54, 1.807) is 0 Å². The molecule has 0 spiro atoms. The summed E-state index contributed by atoms with van der Waals surface area (Å²) < 4.78 is 68.5. The molecule has 0 rings (SSSR count). The molecule has 3 unspecified atom stereocenters.